The number of halogens is 2. The largest absolute Gasteiger partial charge is 0.356 e. The zero-order chi connectivity index (χ0) is 16.7. The van der Waals surface area contributed by atoms with Crippen molar-refractivity contribution in [3.63, 3.8) is 0 Å². The van der Waals surface area contributed by atoms with Crippen LogP contribution in [-0.4, -0.2) is 36.5 Å². The van der Waals surface area contributed by atoms with Crippen molar-refractivity contribution in [1.29, 1.82) is 0 Å². The van der Waals surface area contributed by atoms with E-state index in [9.17, 15) is 0 Å². The summed E-state index contributed by atoms with van der Waals surface area (Å²) in [4.78, 5) is 12.2. The first-order chi connectivity index (χ1) is 11.1. The van der Waals surface area contributed by atoms with Gasteiger partial charge in [0.05, 0.1) is 5.01 Å². The highest BCUT2D eigenvalue weighted by Gasteiger charge is 2.07. The number of aryl methyl sites for hydroxylation is 1. The first kappa shape index (κ1) is 21.2. The molecule has 0 aliphatic rings. The first-order valence-electron chi connectivity index (χ1n) is 7.72. The Hall–Kier alpha value is -0.860. The molecular weight excluding hydrogens is 455 g/mol. The van der Waals surface area contributed by atoms with E-state index in [1.54, 1.807) is 18.4 Å². The summed E-state index contributed by atoms with van der Waals surface area (Å²) >= 11 is 7.71. The van der Waals surface area contributed by atoms with Crippen LogP contribution in [0.15, 0.2) is 35.5 Å². The van der Waals surface area contributed by atoms with E-state index < -0.39 is 0 Å². The normalized spacial score (nSPS) is 11.1. The minimum atomic E-state index is 0. The highest BCUT2D eigenvalue weighted by atomic mass is 127. The molecule has 0 fully saturated rings. The molecule has 1 N–H and O–H groups in total. The van der Waals surface area contributed by atoms with E-state index in [1.807, 2.05) is 37.5 Å². The van der Waals surface area contributed by atoms with Crippen LogP contribution in [0, 0.1) is 0 Å². The topological polar surface area (TPSA) is 40.5 Å². The molecule has 0 saturated heterocycles. The van der Waals surface area contributed by atoms with Crippen molar-refractivity contribution in [3.05, 3.63) is 50.9 Å². The summed E-state index contributed by atoms with van der Waals surface area (Å²) in [5, 5.41) is 5.32. The number of hydrogen-bond acceptors (Lipinski definition) is 3. The van der Waals surface area contributed by atoms with E-state index >= 15 is 0 Å². The fourth-order valence-electron chi connectivity index (χ4n) is 2.23. The number of aromatic nitrogens is 1. The highest BCUT2D eigenvalue weighted by molar-refractivity contribution is 14.0. The van der Waals surface area contributed by atoms with Crippen molar-refractivity contribution in [2.45, 2.75) is 26.3 Å². The zero-order valence-electron chi connectivity index (χ0n) is 14.3. The quantitative estimate of drug-likeness (QED) is 0.384. The molecule has 0 radical (unpaired) electrons. The van der Waals surface area contributed by atoms with Gasteiger partial charge in [0.25, 0.3) is 0 Å². The Morgan fingerprint density at radius 2 is 2.04 bits per heavy atom. The first-order valence-corrected chi connectivity index (χ1v) is 8.91. The molecule has 4 nitrogen and oxygen atoms in total. The molecule has 0 atom stereocenters. The molecule has 0 aliphatic heterocycles. The van der Waals surface area contributed by atoms with Crippen LogP contribution >= 0.6 is 46.9 Å². The van der Waals surface area contributed by atoms with E-state index in [4.69, 9.17) is 11.6 Å². The van der Waals surface area contributed by atoms with Gasteiger partial charge in [0.2, 0.25) is 0 Å². The van der Waals surface area contributed by atoms with Crippen molar-refractivity contribution in [3.8, 4) is 0 Å². The summed E-state index contributed by atoms with van der Waals surface area (Å²) in [5.41, 5.74) is 1.20. The number of benzene rings is 1. The molecule has 1 aromatic carbocycles. The average Bonchev–Trinajstić information content (AvgIpc) is 3.01. The van der Waals surface area contributed by atoms with E-state index in [1.165, 1.54) is 15.4 Å². The molecule has 0 unspecified atom stereocenters. The van der Waals surface area contributed by atoms with Gasteiger partial charge >= 0.3 is 0 Å². The maximum Gasteiger partial charge on any atom is 0.193 e. The maximum atomic E-state index is 5.92. The Morgan fingerprint density at radius 1 is 1.33 bits per heavy atom. The second-order valence-electron chi connectivity index (χ2n) is 5.28. The maximum absolute atomic E-state index is 5.92. The summed E-state index contributed by atoms with van der Waals surface area (Å²) in [7, 11) is 3.84. The van der Waals surface area contributed by atoms with Gasteiger partial charge in [-0.05, 0) is 24.1 Å². The van der Waals surface area contributed by atoms with Crippen molar-refractivity contribution in [2.24, 2.45) is 4.99 Å². The Bertz CT molecular complexity index is 642. The molecule has 0 spiro atoms. The summed E-state index contributed by atoms with van der Waals surface area (Å²) in [6.07, 6.45) is 3.94. The summed E-state index contributed by atoms with van der Waals surface area (Å²) < 4.78 is 0. The third kappa shape index (κ3) is 6.57. The minimum Gasteiger partial charge on any atom is -0.356 e. The fraction of sp³-hybridized carbons (Fsp3) is 0.412. The van der Waals surface area contributed by atoms with E-state index in [-0.39, 0.29) is 24.0 Å². The molecule has 1 heterocycles. The SMILES string of the molecule is CCc1cnc(CCNC(=NC)N(C)Cc2ccc(Cl)cc2)s1.I. The van der Waals surface area contributed by atoms with Crippen molar-refractivity contribution in [1.82, 2.24) is 15.2 Å². The van der Waals surface area contributed by atoms with E-state index in [0.717, 1.165) is 36.9 Å². The van der Waals surface area contributed by atoms with Crippen molar-refractivity contribution >= 4 is 52.9 Å². The zero-order valence-corrected chi connectivity index (χ0v) is 18.2. The number of rotatable bonds is 6. The molecular formula is C17H24ClIN4S. The Labute approximate surface area is 170 Å². The molecule has 0 bridgehead atoms. The standard InChI is InChI=1S/C17H23ClN4S.HI/c1-4-15-11-21-16(23-15)9-10-20-17(19-2)22(3)12-13-5-7-14(18)8-6-13;/h5-8,11H,4,9-10,12H2,1-3H3,(H,19,20);1H. The molecule has 0 aliphatic carbocycles. The highest BCUT2D eigenvalue weighted by Crippen LogP contribution is 2.13. The monoisotopic (exact) mass is 478 g/mol. The molecule has 2 aromatic rings. The fourth-order valence-corrected chi connectivity index (χ4v) is 3.22. The lowest BCUT2D eigenvalue weighted by atomic mass is 10.2. The molecule has 2 rings (SSSR count). The van der Waals surface area contributed by atoms with Gasteiger partial charge < -0.3 is 10.2 Å². The van der Waals surface area contributed by atoms with Crippen LogP contribution in [0.25, 0.3) is 0 Å². The van der Waals surface area contributed by atoms with Gasteiger partial charge in [-0.2, -0.15) is 0 Å². The summed E-state index contributed by atoms with van der Waals surface area (Å²) in [6, 6.07) is 7.89. The molecule has 7 heteroatoms. The van der Waals surface area contributed by atoms with Gasteiger partial charge in [0, 0.05) is 49.7 Å². The third-order valence-corrected chi connectivity index (χ3v) is 4.93. The number of aliphatic imine (C=N–C) groups is 1. The van der Waals surface area contributed by atoms with Crippen molar-refractivity contribution in [2.75, 3.05) is 20.6 Å². The number of hydrogen-bond donors (Lipinski definition) is 1. The number of guanidine groups is 1. The van der Waals surface area contributed by atoms with Crippen molar-refractivity contribution < 1.29 is 0 Å². The van der Waals surface area contributed by atoms with E-state index in [2.05, 4.69) is 27.1 Å². The predicted molar refractivity (Wildman–Crippen MR) is 115 cm³/mol. The molecule has 24 heavy (non-hydrogen) atoms. The van der Waals surface area contributed by atoms with Crippen LogP contribution in [0.4, 0.5) is 0 Å². The van der Waals surface area contributed by atoms with Crippen LogP contribution in [0.2, 0.25) is 5.02 Å². The Morgan fingerprint density at radius 3 is 2.62 bits per heavy atom. The Kier molecular flexibility index (Phi) is 9.61. The van der Waals surface area contributed by atoms with Gasteiger partial charge in [-0.3, -0.25) is 4.99 Å². The molecule has 1 aromatic heterocycles. The lowest BCUT2D eigenvalue weighted by Gasteiger charge is -2.22. The lowest BCUT2D eigenvalue weighted by molar-refractivity contribution is 0.477. The van der Waals surface area contributed by atoms with Gasteiger partial charge in [0.1, 0.15) is 0 Å². The van der Waals surface area contributed by atoms with Gasteiger partial charge in [-0.1, -0.05) is 30.7 Å². The summed E-state index contributed by atoms with van der Waals surface area (Å²) in [5.74, 6) is 0.882. The predicted octanol–water partition coefficient (Wildman–Crippen LogP) is 4.23. The lowest BCUT2D eigenvalue weighted by Crippen LogP contribution is -2.39. The number of nitrogens with zero attached hydrogens (tertiary/aromatic N) is 3. The Balaban J connectivity index is 0.00000288. The van der Waals surface area contributed by atoms with Crippen LogP contribution in [0.5, 0.6) is 0 Å². The third-order valence-electron chi connectivity index (χ3n) is 3.48. The average molecular weight is 479 g/mol. The smallest absolute Gasteiger partial charge is 0.193 e. The second kappa shape index (κ2) is 10.9. The van der Waals surface area contributed by atoms with Crippen LogP contribution in [0.3, 0.4) is 0 Å². The molecule has 0 amide bonds. The summed E-state index contributed by atoms with van der Waals surface area (Å²) in [6.45, 7) is 3.77. The van der Waals surface area contributed by atoms with Gasteiger partial charge in [-0.25, -0.2) is 4.98 Å². The van der Waals surface area contributed by atoms with Crippen LogP contribution < -0.4 is 5.32 Å². The number of nitrogens with one attached hydrogen (secondary N) is 1. The minimum absolute atomic E-state index is 0. The number of thiazole rings is 1. The van der Waals surface area contributed by atoms with Crippen LogP contribution in [0.1, 0.15) is 22.4 Å². The molecule has 132 valence electrons. The molecule has 0 saturated carbocycles. The van der Waals surface area contributed by atoms with Gasteiger partial charge in [0.15, 0.2) is 5.96 Å². The van der Waals surface area contributed by atoms with E-state index in [0.29, 0.717) is 0 Å². The second-order valence-corrected chi connectivity index (χ2v) is 6.92. The van der Waals surface area contributed by atoms with Crippen LogP contribution in [-0.2, 0) is 19.4 Å². The van der Waals surface area contributed by atoms with Gasteiger partial charge in [-0.15, -0.1) is 35.3 Å².